The Labute approximate surface area is 235 Å². The molecule has 9 nitrogen and oxygen atoms in total. The number of carbonyl (C=O) groups excluding carboxylic acids is 2. The van der Waals surface area contributed by atoms with Crippen LogP contribution in [-0.4, -0.2) is 69.3 Å². The largest absolute Gasteiger partial charge is 0.508 e. The minimum atomic E-state index is -1.59. The molecule has 0 spiro atoms. The molecule has 4 aliphatic carbocycles. The molecule has 9 heteroatoms. The number of Topliss-reactive ketones (excluding diaryl/α,β-unsaturated/α-hetero) is 1. The second kappa shape index (κ2) is 10.9. The lowest BCUT2D eigenvalue weighted by molar-refractivity contribution is -0.181. The summed E-state index contributed by atoms with van der Waals surface area (Å²) in [6.07, 6.45) is 6.66. The van der Waals surface area contributed by atoms with Gasteiger partial charge in [0.25, 0.3) is 5.91 Å². The molecule has 40 heavy (non-hydrogen) atoms. The van der Waals surface area contributed by atoms with Gasteiger partial charge in [0.1, 0.15) is 18.0 Å². The molecule has 1 aromatic carbocycles. The van der Waals surface area contributed by atoms with Crippen molar-refractivity contribution in [2.75, 3.05) is 19.8 Å². The molecular weight excluding hydrogens is 512 g/mol. The van der Waals surface area contributed by atoms with Crippen LogP contribution in [-0.2, 0) is 20.8 Å². The van der Waals surface area contributed by atoms with E-state index >= 15 is 0 Å². The van der Waals surface area contributed by atoms with Gasteiger partial charge in [-0.1, -0.05) is 36.7 Å². The Morgan fingerprint density at radius 1 is 1.12 bits per heavy atom. The third-order valence-electron chi connectivity index (χ3n) is 10.7. The van der Waals surface area contributed by atoms with E-state index < -0.39 is 29.5 Å². The number of phenolic OH excluding ortho intramolecular Hbond substituents is 1. The van der Waals surface area contributed by atoms with Crippen molar-refractivity contribution in [3.8, 4) is 5.75 Å². The molecule has 5 rings (SSSR count). The monoisotopic (exact) mass is 554 g/mol. The predicted octanol–water partition coefficient (Wildman–Crippen LogP) is 2.65. The van der Waals surface area contributed by atoms with Gasteiger partial charge in [-0.15, -0.1) is 0 Å². The first-order valence-electron chi connectivity index (χ1n) is 14.5. The van der Waals surface area contributed by atoms with E-state index in [-0.39, 0.29) is 41.4 Å². The van der Waals surface area contributed by atoms with Crippen LogP contribution in [0.15, 0.2) is 41.1 Å². The van der Waals surface area contributed by atoms with E-state index in [1.165, 1.54) is 5.57 Å². The summed E-state index contributed by atoms with van der Waals surface area (Å²) in [5, 5.41) is 48.9. The van der Waals surface area contributed by atoms with Crippen LogP contribution in [0, 0.1) is 28.6 Å². The summed E-state index contributed by atoms with van der Waals surface area (Å²) in [6, 6.07) is 6.87. The molecule has 3 fully saturated rings. The van der Waals surface area contributed by atoms with Crippen molar-refractivity contribution in [2.24, 2.45) is 33.7 Å². The molecule has 4 aliphatic rings. The fraction of sp³-hybridized carbons (Fsp3) is 0.645. The molecule has 5 N–H and O–H groups in total. The number of hydrogen-bond acceptors (Lipinski definition) is 8. The maximum atomic E-state index is 12.6. The zero-order chi connectivity index (χ0) is 28.7. The van der Waals surface area contributed by atoms with Crippen LogP contribution < -0.4 is 5.32 Å². The van der Waals surface area contributed by atoms with Gasteiger partial charge in [0.2, 0.25) is 0 Å². The van der Waals surface area contributed by atoms with E-state index in [4.69, 9.17) is 4.84 Å². The van der Waals surface area contributed by atoms with Gasteiger partial charge in [-0.2, -0.15) is 0 Å². The number of ketones is 1. The molecule has 218 valence electrons. The first-order valence-corrected chi connectivity index (χ1v) is 14.5. The van der Waals surface area contributed by atoms with Crippen LogP contribution in [0.4, 0.5) is 0 Å². The number of aliphatic hydroxyl groups excluding tert-OH is 2. The van der Waals surface area contributed by atoms with E-state index in [0.29, 0.717) is 32.2 Å². The van der Waals surface area contributed by atoms with Gasteiger partial charge < -0.3 is 30.6 Å². The Kier molecular flexibility index (Phi) is 7.85. The normalized spacial score (nSPS) is 37.6. The van der Waals surface area contributed by atoms with Crippen LogP contribution in [0.25, 0.3) is 0 Å². The lowest BCUT2D eigenvalue weighted by atomic mass is 9.45. The number of aliphatic hydroxyl groups is 3. The molecule has 7 atom stereocenters. The summed E-state index contributed by atoms with van der Waals surface area (Å²) < 4.78 is 0. The summed E-state index contributed by atoms with van der Waals surface area (Å²) in [4.78, 5) is 30.2. The average molecular weight is 555 g/mol. The maximum absolute atomic E-state index is 12.6. The highest BCUT2D eigenvalue weighted by Gasteiger charge is 2.68. The molecule has 0 heterocycles. The number of fused-ring (bicyclic) bond motifs is 5. The Hall–Kier alpha value is -2.75. The van der Waals surface area contributed by atoms with Gasteiger partial charge in [0.05, 0.1) is 11.8 Å². The number of amides is 1. The van der Waals surface area contributed by atoms with Crippen LogP contribution in [0.1, 0.15) is 64.4 Å². The molecule has 0 aliphatic heterocycles. The van der Waals surface area contributed by atoms with E-state index in [0.717, 1.165) is 37.0 Å². The van der Waals surface area contributed by atoms with E-state index in [1.807, 2.05) is 19.1 Å². The quantitative estimate of drug-likeness (QED) is 0.310. The molecule has 1 amide bonds. The second-order valence-corrected chi connectivity index (χ2v) is 12.7. The highest BCUT2D eigenvalue weighted by atomic mass is 16.6. The summed E-state index contributed by atoms with van der Waals surface area (Å²) in [7, 11) is 0. The van der Waals surface area contributed by atoms with Gasteiger partial charge in [0, 0.05) is 12.0 Å². The predicted molar refractivity (Wildman–Crippen MR) is 148 cm³/mol. The summed E-state index contributed by atoms with van der Waals surface area (Å²) in [5.74, 6) is -0.235. The first kappa shape index (κ1) is 28.8. The Bertz CT molecular complexity index is 1200. The zero-order valence-corrected chi connectivity index (χ0v) is 23.4. The molecule has 0 aromatic heterocycles. The van der Waals surface area contributed by atoms with Crippen LogP contribution in [0.5, 0.6) is 5.75 Å². The van der Waals surface area contributed by atoms with Gasteiger partial charge in [-0.25, -0.2) is 0 Å². The standard InChI is InChI=1S/C31H42N2O7/c1-29-12-9-21(33-40-18-27(38)32-14-11-19-3-6-22(35)7-4-19)15-20(29)5-8-23-24-10-13-31(39,26(37)17-34)30(24,2)16-25(36)28(23)29/h3-4,6-7,15,23-25,28,34-36,39H,5,8-14,16-18H2,1-2H3,(H,32,38)/b33-21+/t23-,24-,25+,28+,29-,30-,31-/m0/s1. The Balaban J connectivity index is 1.20. The van der Waals surface area contributed by atoms with Crippen molar-refractivity contribution in [1.82, 2.24) is 5.32 Å². The van der Waals surface area contributed by atoms with Crippen LogP contribution >= 0.6 is 0 Å². The Morgan fingerprint density at radius 3 is 2.60 bits per heavy atom. The van der Waals surface area contributed by atoms with Crippen LogP contribution in [0.3, 0.4) is 0 Å². The smallest absolute Gasteiger partial charge is 0.260 e. The number of benzene rings is 1. The van der Waals surface area contributed by atoms with Crippen molar-refractivity contribution >= 4 is 17.4 Å². The molecule has 0 unspecified atom stereocenters. The minimum absolute atomic E-state index is 0.0268. The number of hydrogen-bond donors (Lipinski definition) is 5. The van der Waals surface area contributed by atoms with Crippen molar-refractivity contribution in [3.05, 3.63) is 41.5 Å². The molecule has 0 radical (unpaired) electrons. The third kappa shape index (κ3) is 4.86. The number of carbonyl (C=O) groups is 2. The number of rotatable bonds is 8. The second-order valence-electron chi connectivity index (χ2n) is 12.7. The third-order valence-corrected chi connectivity index (χ3v) is 10.7. The lowest BCUT2D eigenvalue weighted by Gasteiger charge is -2.60. The highest BCUT2D eigenvalue weighted by molar-refractivity contribution is 5.96. The number of nitrogens with one attached hydrogen (secondary N) is 1. The molecule has 3 saturated carbocycles. The number of aromatic hydroxyl groups is 1. The highest BCUT2D eigenvalue weighted by Crippen LogP contribution is 2.67. The number of oxime groups is 1. The molecule has 0 bridgehead atoms. The summed E-state index contributed by atoms with van der Waals surface area (Å²) in [5.41, 5.74) is 0.503. The van der Waals surface area contributed by atoms with Crippen molar-refractivity contribution in [1.29, 1.82) is 0 Å². The molecule has 0 saturated heterocycles. The molecular formula is C31H42N2O7. The maximum Gasteiger partial charge on any atom is 0.260 e. The van der Waals surface area contributed by atoms with Gasteiger partial charge in [0.15, 0.2) is 12.4 Å². The SMILES string of the molecule is C[C@]12CC/C(=N\OCC(=O)NCCc3ccc(O)cc3)C=C1CC[C@@H]1[C@@H]2[C@H](O)C[C@@]2(C)[C@H]1CC[C@]2(O)C(=O)CO. The van der Waals surface area contributed by atoms with Gasteiger partial charge in [-0.3, -0.25) is 9.59 Å². The number of nitrogens with zero attached hydrogens (tertiary/aromatic N) is 1. The van der Waals surface area contributed by atoms with Gasteiger partial charge in [-0.05, 0) is 98.3 Å². The van der Waals surface area contributed by atoms with E-state index in [1.54, 1.807) is 12.1 Å². The van der Waals surface area contributed by atoms with Crippen molar-refractivity contribution < 1.29 is 34.9 Å². The van der Waals surface area contributed by atoms with Crippen molar-refractivity contribution in [2.45, 2.75) is 76.9 Å². The summed E-state index contributed by atoms with van der Waals surface area (Å²) >= 11 is 0. The Morgan fingerprint density at radius 2 is 1.88 bits per heavy atom. The minimum Gasteiger partial charge on any atom is -0.508 e. The summed E-state index contributed by atoms with van der Waals surface area (Å²) in [6.45, 7) is 3.76. The fourth-order valence-corrected chi connectivity index (χ4v) is 8.60. The van der Waals surface area contributed by atoms with E-state index in [2.05, 4.69) is 23.5 Å². The average Bonchev–Trinajstić information content (AvgIpc) is 3.20. The number of phenols is 1. The van der Waals surface area contributed by atoms with E-state index in [9.17, 15) is 30.0 Å². The van der Waals surface area contributed by atoms with Crippen LogP contribution in [0.2, 0.25) is 0 Å². The lowest BCUT2D eigenvalue weighted by Crippen LogP contribution is -2.62. The molecule has 1 aromatic rings. The fourth-order valence-electron chi connectivity index (χ4n) is 8.60. The van der Waals surface area contributed by atoms with Gasteiger partial charge >= 0.3 is 0 Å². The topological polar surface area (TPSA) is 149 Å². The van der Waals surface area contributed by atoms with Crippen molar-refractivity contribution in [3.63, 3.8) is 0 Å². The first-order chi connectivity index (χ1) is 19.0. The zero-order valence-electron chi connectivity index (χ0n) is 23.4. The number of allylic oxidation sites excluding steroid dienone is 2.